The van der Waals surface area contributed by atoms with Gasteiger partial charge in [0.15, 0.2) is 0 Å². The van der Waals surface area contributed by atoms with Gasteiger partial charge in [0.05, 0.1) is 23.3 Å². The van der Waals surface area contributed by atoms with E-state index in [0.717, 1.165) is 40.0 Å². The van der Waals surface area contributed by atoms with Crippen LogP contribution in [0.1, 0.15) is 52.8 Å². The number of benzene rings is 3. The Bertz CT molecular complexity index is 1490. The van der Waals surface area contributed by atoms with Gasteiger partial charge in [0.2, 0.25) is 0 Å². The van der Waals surface area contributed by atoms with Crippen LogP contribution in [0.25, 0.3) is 16.6 Å². The van der Waals surface area contributed by atoms with Gasteiger partial charge in [-0.1, -0.05) is 56.7 Å². The molecule has 4 heteroatoms. The molecule has 0 unspecified atom stereocenters. The summed E-state index contributed by atoms with van der Waals surface area (Å²) >= 11 is 0. The number of fused-ring (bicyclic) bond motifs is 1. The molecule has 4 aromatic rings. The number of aromatic nitrogens is 2. The Labute approximate surface area is 234 Å². The van der Waals surface area contributed by atoms with Gasteiger partial charge < -0.3 is 4.90 Å². The molecule has 0 spiro atoms. The van der Waals surface area contributed by atoms with E-state index < -0.39 is 0 Å². The van der Waals surface area contributed by atoms with Gasteiger partial charge in [0, 0.05) is 30.2 Å². The first-order valence-corrected chi connectivity index (χ1v) is 12.7. The van der Waals surface area contributed by atoms with Crippen molar-refractivity contribution < 1.29 is 0 Å². The number of nitrogens with one attached hydrogen (secondary N) is 1. The zero-order valence-corrected chi connectivity index (χ0v) is 23.9. The average Bonchev–Trinajstić information content (AvgIpc) is 3.44. The van der Waals surface area contributed by atoms with E-state index in [9.17, 15) is 5.26 Å². The number of aryl methyl sites for hydroxylation is 2. The lowest BCUT2D eigenvalue weighted by atomic mass is 9.98. The third kappa shape index (κ3) is 9.12. The third-order valence-electron chi connectivity index (χ3n) is 5.91. The van der Waals surface area contributed by atoms with Gasteiger partial charge in [-0.3, -0.25) is 5.10 Å². The zero-order valence-electron chi connectivity index (χ0n) is 23.9. The summed E-state index contributed by atoms with van der Waals surface area (Å²) in [6.07, 6.45) is 19.0. The number of terminal acetylenes is 2. The molecule has 0 bridgehead atoms. The van der Waals surface area contributed by atoms with E-state index in [-0.39, 0.29) is 0 Å². The van der Waals surface area contributed by atoms with Gasteiger partial charge in [-0.05, 0) is 85.0 Å². The summed E-state index contributed by atoms with van der Waals surface area (Å²) in [6.45, 7) is 14.6. The summed E-state index contributed by atoms with van der Waals surface area (Å²) in [7, 11) is 2.03. The summed E-state index contributed by atoms with van der Waals surface area (Å²) in [5.41, 5.74) is 9.29. The molecule has 0 fully saturated rings. The lowest BCUT2D eigenvalue weighted by Gasteiger charge is -2.24. The Balaban J connectivity index is 0.000000447. The minimum absolute atomic E-state index is 0.705. The Hall–Kier alpha value is -4.98. The molecular formula is C35H38N4. The van der Waals surface area contributed by atoms with E-state index in [1.54, 1.807) is 6.08 Å². The van der Waals surface area contributed by atoms with Gasteiger partial charge in [-0.15, -0.1) is 19.3 Å². The number of rotatable bonds is 5. The molecule has 3 aromatic carbocycles. The van der Waals surface area contributed by atoms with E-state index in [2.05, 4.69) is 77.7 Å². The van der Waals surface area contributed by atoms with Crippen molar-refractivity contribution in [2.75, 3.05) is 7.05 Å². The Morgan fingerprint density at radius 1 is 1.05 bits per heavy atom. The van der Waals surface area contributed by atoms with Crippen molar-refractivity contribution in [1.29, 1.82) is 5.26 Å². The van der Waals surface area contributed by atoms with Crippen LogP contribution in [0, 0.1) is 57.3 Å². The summed E-state index contributed by atoms with van der Waals surface area (Å²) in [4.78, 5) is 2.15. The second-order valence-electron chi connectivity index (χ2n) is 8.52. The predicted octanol–water partition coefficient (Wildman–Crippen LogP) is 7.96. The SMILES string of the molecule is C#C.C#Cc1ccc(CN(C)/C(=C\C=C)c2cc(C)c(C)c(C#N)c2)cc1.CC.Cc1ccc2cn[nH]c2c1. The highest BCUT2D eigenvalue weighted by Gasteiger charge is 2.12. The third-order valence-corrected chi connectivity index (χ3v) is 5.91. The molecule has 0 radical (unpaired) electrons. The van der Waals surface area contributed by atoms with Gasteiger partial charge in [0.25, 0.3) is 0 Å². The molecule has 198 valence electrons. The topological polar surface area (TPSA) is 55.7 Å². The van der Waals surface area contributed by atoms with E-state index in [0.29, 0.717) is 5.56 Å². The maximum atomic E-state index is 9.38. The fourth-order valence-electron chi connectivity index (χ4n) is 3.80. The normalized spacial score (nSPS) is 9.74. The maximum absolute atomic E-state index is 9.38. The van der Waals surface area contributed by atoms with Crippen molar-refractivity contribution in [3.63, 3.8) is 0 Å². The molecule has 0 atom stereocenters. The van der Waals surface area contributed by atoms with E-state index >= 15 is 0 Å². The smallest absolute Gasteiger partial charge is 0.0994 e. The van der Waals surface area contributed by atoms with Crippen molar-refractivity contribution >= 4 is 16.6 Å². The lowest BCUT2D eigenvalue weighted by Crippen LogP contribution is -2.16. The van der Waals surface area contributed by atoms with Crippen molar-refractivity contribution in [1.82, 2.24) is 15.1 Å². The second-order valence-corrected chi connectivity index (χ2v) is 8.52. The van der Waals surface area contributed by atoms with Crippen LogP contribution in [0.2, 0.25) is 0 Å². The van der Waals surface area contributed by atoms with E-state index in [1.165, 1.54) is 16.5 Å². The Morgan fingerprint density at radius 3 is 2.31 bits per heavy atom. The first-order valence-electron chi connectivity index (χ1n) is 12.7. The molecule has 0 amide bonds. The summed E-state index contributed by atoms with van der Waals surface area (Å²) in [5.74, 6) is 2.63. The summed E-state index contributed by atoms with van der Waals surface area (Å²) < 4.78 is 0. The average molecular weight is 515 g/mol. The molecule has 0 aliphatic rings. The standard InChI is InChI=1S/C23H22N2.C8H8N2.C2H6.C2H2/c1-6-8-23(21-13-17(3)18(4)22(14-21)15-24)25(5)16-20-11-9-19(7-2)10-12-20;1-6-2-3-7-5-9-10-8(7)4-6;2*1-2/h2,6,8-14H,1,16H2,3-5H3;2-5H,1H3,(H,9,10);1-2H3;1-2H/b23-8-;;;. The van der Waals surface area contributed by atoms with Gasteiger partial charge in [0.1, 0.15) is 0 Å². The van der Waals surface area contributed by atoms with Crippen LogP contribution in [0.5, 0.6) is 0 Å². The number of hydrogen-bond donors (Lipinski definition) is 1. The van der Waals surface area contributed by atoms with Crippen molar-refractivity contribution in [3.05, 3.63) is 118 Å². The predicted molar refractivity (Wildman–Crippen MR) is 167 cm³/mol. The summed E-state index contributed by atoms with van der Waals surface area (Å²) in [5, 5.41) is 17.4. The van der Waals surface area contributed by atoms with Gasteiger partial charge in [-0.2, -0.15) is 10.4 Å². The fourth-order valence-corrected chi connectivity index (χ4v) is 3.80. The highest BCUT2D eigenvalue weighted by atomic mass is 15.1. The summed E-state index contributed by atoms with van der Waals surface area (Å²) in [6, 6.07) is 20.5. The molecule has 4 rings (SSSR count). The molecule has 0 aliphatic heterocycles. The van der Waals surface area contributed by atoms with Crippen LogP contribution in [-0.4, -0.2) is 22.1 Å². The van der Waals surface area contributed by atoms with Crippen LogP contribution < -0.4 is 0 Å². The molecule has 0 aliphatic carbocycles. The largest absolute Gasteiger partial charge is 0.370 e. The monoisotopic (exact) mass is 514 g/mol. The quantitative estimate of drug-likeness (QED) is 0.217. The van der Waals surface area contributed by atoms with E-state index in [4.69, 9.17) is 6.42 Å². The molecule has 4 nitrogen and oxygen atoms in total. The van der Waals surface area contributed by atoms with Crippen LogP contribution >= 0.6 is 0 Å². The minimum atomic E-state index is 0.705. The van der Waals surface area contributed by atoms with Gasteiger partial charge >= 0.3 is 0 Å². The van der Waals surface area contributed by atoms with Crippen LogP contribution in [0.3, 0.4) is 0 Å². The molecule has 1 heterocycles. The number of nitriles is 1. The molecule has 39 heavy (non-hydrogen) atoms. The molecule has 0 saturated heterocycles. The number of H-pyrrole nitrogens is 1. The second kappa shape index (κ2) is 16.7. The fraction of sp³-hybridized carbons (Fsp3) is 0.200. The van der Waals surface area contributed by atoms with Gasteiger partial charge in [-0.25, -0.2) is 0 Å². The molecule has 1 aromatic heterocycles. The molecule has 0 saturated carbocycles. The van der Waals surface area contributed by atoms with Crippen molar-refractivity contribution in [3.8, 4) is 31.3 Å². The zero-order chi connectivity index (χ0) is 29.4. The highest BCUT2D eigenvalue weighted by molar-refractivity contribution is 5.78. The minimum Gasteiger partial charge on any atom is -0.370 e. The van der Waals surface area contributed by atoms with Crippen LogP contribution in [0.4, 0.5) is 0 Å². The number of nitrogens with zero attached hydrogens (tertiary/aromatic N) is 3. The number of hydrogen-bond acceptors (Lipinski definition) is 3. The van der Waals surface area contributed by atoms with Crippen molar-refractivity contribution in [2.24, 2.45) is 0 Å². The molecule has 1 N–H and O–H groups in total. The highest BCUT2D eigenvalue weighted by Crippen LogP contribution is 2.25. The lowest BCUT2D eigenvalue weighted by molar-refractivity contribution is 0.475. The van der Waals surface area contributed by atoms with Crippen LogP contribution in [-0.2, 0) is 6.54 Å². The van der Waals surface area contributed by atoms with Crippen molar-refractivity contribution in [2.45, 2.75) is 41.2 Å². The Kier molecular flexibility index (Phi) is 13.7. The van der Waals surface area contributed by atoms with E-state index in [1.807, 2.05) is 77.3 Å². The Morgan fingerprint density at radius 2 is 1.72 bits per heavy atom. The maximum Gasteiger partial charge on any atom is 0.0994 e. The van der Waals surface area contributed by atoms with Crippen LogP contribution in [0.15, 0.2) is 79.5 Å². The first kappa shape index (κ1) is 32.0. The molecular weight excluding hydrogens is 476 g/mol. The number of allylic oxidation sites excluding steroid dienone is 2. The number of aromatic amines is 1. The first-order chi connectivity index (χ1) is 18.9.